The van der Waals surface area contributed by atoms with Gasteiger partial charge in [0.05, 0.1) is 10.9 Å². The van der Waals surface area contributed by atoms with Gasteiger partial charge in [-0.05, 0) is 44.0 Å². The average molecular weight is 252 g/mol. The molecule has 3 N–H and O–H groups in total. The standard InChI is InChI=1S/C12H16N2O2S/c1-5-9(3)14-17(15,16)11-6-8(2)10(4)12(13)7-11/h1,6-7,9,14H,13H2,2-4H3. The third-order valence-electron chi connectivity index (χ3n) is 2.57. The molecule has 1 aromatic rings. The molecule has 0 aliphatic rings. The van der Waals surface area contributed by atoms with Gasteiger partial charge in [-0.25, -0.2) is 8.42 Å². The predicted molar refractivity (Wildman–Crippen MR) is 68.9 cm³/mol. The molecule has 1 rings (SSSR count). The second kappa shape index (κ2) is 4.78. The largest absolute Gasteiger partial charge is 0.398 e. The zero-order chi connectivity index (χ0) is 13.2. The van der Waals surface area contributed by atoms with Crippen LogP contribution < -0.4 is 10.5 Å². The fourth-order valence-electron chi connectivity index (χ4n) is 1.34. The molecule has 0 amide bonds. The van der Waals surface area contributed by atoms with E-state index >= 15 is 0 Å². The highest BCUT2D eigenvalue weighted by Gasteiger charge is 2.17. The van der Waals surface area contributed by atoms with Crippen LogP contribution in [0.5, 0.6) is 0 Å². The van der Waals surface area contributed by atoms with Crippen LogP contribution in [0.4, 0.5) is 5.69 Å². The molecule has 0 spiro atoms. The molecule has 0 radical (unpaired) electrons. The molecule has 0 heterocycles. The van der Waals surface area contributed by atoms with Crippen LogP contribution in [0.15, 0.2) is 17.0 Å². The molecule has 0 saturated carbocycles. The van der Waals surface area contributed by atoms with E-state index in [2.05, 4.69) is 10.6 Å². The van der Waals surface area contributed by atoms with Gasteiger partial charge in [0.1, 0.15) is 0 Å². The van der Waals surface area contributed by atoms with E-state index < -0.39 is 16.1 Å². The minimum Gasteiger partial charge on any atom is -0.398 e. The number of benzene rings is 1. The number of terminal acetylenes is 1. The van der Waals surface area contributed by atoms with Gasteiger partial charge in [-0.3, -0.25) is 0 Å². The van der Waals surface area contributed by atoms with Crippen LogP contribution in [0.2, 0.25) is 0 Å². The summed E-state index contributed by atoms with van der Waals surface area (Å²) >= 11 is 0. The van der Waals surface area contributed by atoms with Crippen molar-refractivity contribution in [3.8, 4) is 12.3 Å². The fraction of sp³-hybridized carbons (Fsp3) is 0.333. The van der Waals surface area contributed by atoms with Gasteiger partial charge < -0.3 is 5.73 Å². The minimum absolute atomic E-state index is 0.139. The van der Waals surface area contributed by atoms with E-state index in [0.717, 1.165) is 11.1 Å². The molecule has 0 bridgehead atoms. The van der Waals surface area contributed by atoms with E-state index in [1.165, 1.54) is 6.07 Å². The third kappa shape index (κ3) is 2.99. The minimum atomic E-state index is -3.61. The Morgan fingerprint density at radius 3 is 2.47 bits per heavy atom. The van der Waals surface area contributed by atoms with Crippen molar-refractivity contribution >= 4 is 15.7 Å². The Bertz CT molecular complexity index is 548. The van der Waals surface area contributed by atoms with Crippen LogP contribution in [0.3, 0.4) is 0 Å². The lowest BCUT2D eigenvalue weighted by Crippen LogP contribution is -2.31. The summed E-state index contributed by atoms with van der Waals surface area (Å²) < 4.78 is 26.3. The molecule has 0 saturated heterocycles. The van der Waals surface area contributed by atoms with Crippen molar-refractivity contribution in [2.24, 2.45) is 0 Å². The van der Waals surface area contributed by atoms with Gasteiger partial charge in [0.15, 0.2) is 0 Å². The zero-order valence-corrected chi connectivity index (χ0v) is 10.9. The van der Waals surface area contributed by atoms with E-state index in [1.54, 1.807) is 13.0 Å². The number of hydrogen-bond donors (Lipinski definition) is 2. The molecule has 5 heteroatoms. The quantitative estimate of drug-likeness (QED) is 0.627. The van der Waals surface area contributed by atoms with Crippen molar-refractivity contribution in [1.29, 1.82) is 0 Å². The molecule has 0 fully saturated rings. The topological polar surface area (TPSA) is 72.2 Å². The highest BCUT2D eigenvalue weighted by atomic mass is 32.2. The molecule has 1 unspecified atom stereocenters. The molecule has 1 aromatic carbocycles. The van der Waals surface area contributed by atoms with E-state index in [4.69, 9.17) is 12.2 Å². The highest BCUT2D eigenvalue weighted by Crippen LogP contribution is 2.21. The Balaban J connectivity index is 3.22. The Kier molecular flexibility index (Phi) is 3.81. The van der Waals surface area contributed by atoms with Gasteiger partial charge in [-0.1, -0.05) is 5.92 Å². The summed E-state index contributed by atoms with van der Waals surface area (Å²) in [6, 6.07) is 2.47. The maximum Gasteiger partial charge on any atom is 0.241 e. The molecule has 92 valence electrons. The van der Waals surface area contributed by atoms with Crippen LogP contribution in [0.25, 0.3) is 0 Å². The first kappa shape index (κ1) is 13.6. The Morgan fingerprint density at radius 2 is 2.00 bits per heavy atom. The first-order valence-corrected chi connectivity index (χ1v) is 6.61. The van der Waals surface area contributed by atoms with Crippen molar-refractivity contribution in [1.82, 2.24) is 4.72 Å². The fourth-order valence-corrected chi connectivity index (χ4v) is 2.63. The van der Waals surface area contributed by atoms with Crippen LogP contribution in [-0.4, -0.2) is 14.5 Å². The maximum absolute atomic E-state index is 12.0. The summed E-state index contributed by atoms with van der Waals surface area (Å²) in [5.74, 6) is 2.31. The summed E-state index contributed by atoms with van der Waals surface area (Å²) in [4.78, 5) is 0.139. The number of nitrogens with two attached hydrogens (primary N) is 1. The Hall–Kier alpha value is -1.51. The lowest BCUT2D eigenvalue weighted by Gasteiger charge is -2.12. The van der Waals surface area contributed by atoms with Gasteiger partial charge in [0.2, 0.25) is 10.0 Å². The molecule has 17 heavy (non-hydrogen) atoms. The molecule has 4 nitrogen and oxygen atoms in total. The first-order valence-electron chi connectivity index (χ1n) is 5.13. The van der Waals surface area contributed by atoms with Gasteiger partial charge >= 0.3 is 0 Å². The summed E-state index contributed by atoms with van der Waals surface area (Å²) in [5.41, 5.74) is 7.92. The number of rotatable bonds is 3. The summed E-state index contributed by atoms with van der Waals surface area (Å²) in [6.45, 7) is 5.26. The summed E-state index contributed by atoms with van der Waals surface area (Å²) in [6.07, 6.45) is 5.14. The number of anilines is 1. The van der Waals surface area contributed by atoms with E-state index in [1.807, 2.05) is 13.8 Å². The SMILES string of the molecule is C#CC(C)NS(=O)(=O)c1cc(C)c(C)c(N)c1. The summed E-state index contributed by atoms with van der Waals surface area (Å²) in [5, 5.41) is 0. The molecule has 1 atom stereocenters. The lowest BCUT2D eigenvalue weighted by atomic mass is 10.1. The van der Waals surface area contributed by atoms with Crippen molar-refractivity contribution in [2.75, 3.05) is 5.73 Å². The second-order valence-corrected chi connectivity index (χ2v) is 5.68. The van der Waals surface area contributed by atoms with Crippen molar-refractivity contribution < 1.29 is 8.42 Å². The summed E-state index contributed by atoms with van der Waals surface area (Å²) in [7, 11) is -3.61. The molecule has 0 aliphatic carbocycles. The Morgan fingerprint density at radius 1 is 1.41 bits per heavy atom. The normalized spacial score (nSPS) is 13.1. The van der Waals surface area contributed by atoms with E-state index in [-0.39, 0.29) is 4.90 Å². The zero-order valence-electron chi connectivity index (χ0n) is 10.1. The van der Waals surface area contributed by atoms with E-state index in [9.17, 15) is 8.42 Å². The van der Waals surface area contributed by atoms with Gasteiger partial charge in [-0.2, -0.15) is 4.72 Å². The molecule has 0 aromatic heterocycles. The van der Waals surface area contributed by atoms with Crippen LogP contribution >= 0.6 is 0 Å². The monoisotopic (exact) mass is 252 g/mol. The number of nitrogens with one attached hydrogen (secondary N) is 1. The van der Waals surface area contributed by atoms with Crippen LogP contribution in [0.1, 0.15) is 18.1 Å². The molecular weight excluding hydrogens is 236 g/mol. The number of hydrogen-bond acceptors (Lipinski definition) is 3. The van der Waals surface area contributed by atoms with Gasteiger partial charge in [0, 0.05) is 5.69 Å². The van der Waals surface area contributed by atoms with Crippen molar-refractivity contribution in [3.05, 3.63) is 23.3 Å². The van der Waals surface area contributed by atoms with Crippen LogP contribution in [-0.2, 0) is 10.0 Å². The molecule has 0 aliphatic heterocycles. The number of aryl methyl sites for hydroxylation is 1. The third-order valence-corrected chi connectivity index (χ3v) is 4.09. The highest BCUT2D eigenvalue weighted by molar-refractivity contribution is 7.89. The van der Waals surface area contributed by atoms with Crippen LogP contribution in [0, 0.1) is 26.2 Å². The van der Waals surface area contributed by atoms with Crippen molar-refractivity contribution in [3.63, 3.8) is 0 Å². The van der Waals surface area contributed by atoms with E-state index in [0.29, 0.717) is 5.69 Å². The van der Waals surface area contributed by atoms with Crippen molar-refractivity contribution in [2.45, 2.75) is 31.7 Å². The van der Waals surface area contributed by atoms with Gasteiger partial charge in [-0.15, -0.1) is 6.42 Å². The smallest absolute Gasteiger partial charge is 0.241 e. The number of nitrogen functional groups attached to an aromatic ring is 1. The maximum atomic E-state index is 12.0. The lowest BCUT2D eigenvalue weighted by molar-refractivity contribution is 0.577. The molecular formula is C12H16N2O2S. The first-order chi connectivity index (χ1) is 7.77. The predicted octanol–water partition coefficient (Wildman–Crippen LogP) is 1.19. The average Bonchev–Trinajstić information content (AvgIpc) is 2.24. The number of sulfonamides is 1. The second-order valence-electron chi connectivity index (χ2n) is 3.96. The van der Waals surface area contributed by atoms with Gasteiger partial charge in [0.25, 0.3) is 0 Å². The Labute approximate surface area is 102 Å².